The average molecular weight is 159 g/mol. The van der Waals surface area contributed by atoms with Crippen LogP contribution in [0.3, 0.4) is 0 Å². The quantitative estimate of drug-likeness (QED) is 0.571. The van der Waals surface area contributed by atoms with Gasteiger partial charge in [0.1, 0.15) is 0 Å². The molecule has 0 aromatic heterocycles. The molecule has 10 heavy (non-hydrogen) atoms. The van der Waals surface area contributed by atoms with Crippen molar-refractivity contribution in [1.82, 2.24) is 5.32 Å². The Hall–Kier alpha value is -0.180. The van der Waals surface area contributed by atoms with Crippen molar-refractivity contribution in [3.05, 3.63) is 0 Å². The van der Waals surface area contributed by atoms with Crippen LogP contribution in [0.25, 0.3) is 0 Å². The first-order valence-electron chi connectivity index (χ1n) is 3.45. The van der Waals surface area contributed by atoms with Crippen LogP contribution in [0.15, 0.2) is 0 Å². The summed E-state index contributed by atoms with van der Waals surface area (Å²) in [7, 11) is 0. The molecule has 3 heteroatoms. The molecule has 1 amide bonds. The zero-order chi connectivity index (χ0) is 7.78. The summed E-state index contributed by atoms with van der Waals surface area (Å²) in [6.45, 7) is 6.03. The molecule has 1 rings (SSSR count). The average Bonchev–Trinajstić information content (AvgIpc) is 1.79. The van der Waals surface area contributed by atoms with E-state index in [0.29, 0.717) is 0 Å². The van der Waals surface area contributed by atoms with Crippen LogP contribution in [0.1, 0.15) is 20.8 Å². The van der Waals surface area contributed by atoms with Crippen LogP contribution in [0.2, 0.25) is 0 Å². The van der Waals surface area contributed by atoms with E-state index in [9.17, 15) is 4.79 Å². The molecule has 1 N–H and O–H groups in total. The second-order valence-corrected chi connectivity index (χ2v) is 4.66. The molecular weight excluding hydrogens is 146 g/mol. The first-order chi connectivity index (χ1) is 4.51. The lowest BCUT2D eigenvalue weighted by Crippen LogP contribution is -2.52. The SMILES string of the molecule is C[C@H]1SCC(C)(C)NC1=O. The minimum atomic E-state index is -0.00569. The first-order valence-corrected chi connectivity index (χ1v) is 4.50. The summed E-state index contributed by atoms with van der Waals surface area (Å²) in [5.41, 5.74) is -0.00569. The van der Waals surface area contributed by atoms with E-state index >= 15 is 0 Å². The van der Waals surface area contributed by atoms with Gasteiger partial charge in [-0.2, -0.15) is 0 Å². The van der Waals surface area contributed by atoms with Gasteiger partial charge in [-0.15, -0.1) is 11.8 Å². The number of thioether (sulfide) groups is 1. The van der Waals surface area contributed by atoms with Crippen molar-refractivity contribution in [2.75, 3.05) is 5.75 Å². The standard InChI is InChI=1S/C7H13NOS/c1-5-6(9)8-7(2,3)4-10-5/h5H,4H2,1-3H3,(H,8,9)/t5-/m1/s1. The Labute approximate surface area is 65.8 Å². The summed E-state index contributed by atoms with van der Waals surface area (Å²) in [4.78, 5) is 11.1. The molecule has 0 aromatic carbocycles. The van der Waals surface area contributed by atoms with E-state index in [1.54, 1.807) is 11.8 Å². The number of hydrogen-bond donors (Lipinski definition) is 1. The minimum Gasteiger partial charge on any atom is -0.349 e. The zero-order valence-electron chi connectivity index (χ0n) is 6.60. The number of carbonyl (C=O) groups is 1. The van der Waals surface area contributed by atoms with Gasteiger partial charge in [0.25, 0.3) is 0 Å². The van der Waals surface area contributed by atoms with E-state index < -0.39 is 0 Å². The molecule has 0 spiro atoms. The fraction of sp³-hybridized carbons (Fsp3) is 0.857. The monoisotopic (exact) mass is 159 g/mol. The summed E-state index contributed by atoms with van der Waals surface area (Å²) in [5, 5.41) is 3.08. The third-order valence-electron chi connectivity index (χ3n) is 1.52. The Morgan fingerprint density at radius 2 is 2.30 bits per heavy atom. The normalized spacial score (nSPS) is 31.5. The molecule has 58 valence electrons. The summed E-state index contributed by atoms with van der Waals surface area (Å²) in [6.07, 6.45) is 0. The number of amides is 1. The highest BCUT2D eigenvalue weighted by Gasteiger charge is 2.29. The van der Waals surface area contributed by atoms with E-state index in [0.717, 1.165) is 5.75 Å². The van der Waals surface area contributed by atoms with Crippen molar-refractivity contribution < 1.29 is 4.79 Å². The van der Waals surface area contributed by atoms with Crippen molar-refractivity contribution in [1.29, 1.82) is 0 Å². The van der Waals surface area contributed by atoms with Crippen molar-refractivity contribution >= 4 is 17.7 Å². The van der Waals surface area contributed by atoms with Gasteiger partial charge in [-0.3, -0.25) is 4.79 Å². The van der Waals surface area contributed by atoms with E-state index in [4.69, 9.17) is 0 Å². The summed E-state index contributed by atoms with van der Waals surface area (Å²) >= 11 is 1.72. The van der Waals surface area contributed by atoms with Gasteiger partial charge < -0.3 is 5.32 Å². The minimum absolute atomic E-state index is 0.00569. The molecule has 0 radical (unpaired) electrons. The molecule has 1 aliphatic heterocycles. The summed E-state index contributed by atoms with van der Waals surface area (Å²) in [5.74, 6) is 1.18. The molecule has 1 saturated heterocycles. The Morgan fingerprint density at radius 1 is 1.70 bits per heavy atom. The Bertz CT molecular complexity index is 156. The predicted molar refractivity (Wildman–Crippen MR) is 44.1 cm³/mol. The lowest BCUT2D eigenvalue weighted by molar-refractivity contribution is -0.122. The van der Waals surface area contributed by atoms with E-state index in [-0.39, 0.29) is 16.7 Å². The zero-order valence-corrected chi connectivity index (χ0v) is 7.42. The van der Waals surface area contributed by atoms with Crippen molar-refractivity contribution in [2.45, 2.75) is 31.6 Å². The van der Waals surface area contributed by atoms with Gasteiger partial charge in [-0.25, -0.2) is 0 Å². The predicted octanol–water partition coefficient (Wildman–Crippen LogP) is 1.02. The molecule has 0 unspecified atom stereocenters. The molecule has 1 fully saturated rings. The smallest absolute Gasteiger partial charge is 0.233 e. The van der Waals surface area contributed by atoms with Crippen molar-refractivity contribution in [3.63, 3.8) is 0 Å². The van der Waals surface area contributed by atoms with Gasteiger partial charge in [0.15, 0.2) is 0 Å². The number of carbonyl (C=O) groups excluding carboxylic acids is 1. The second-order valence-electron chi connectivity index (χ2n) is 3.33. The van der Waals surface area contributed by atoms with Gasteiger partial charge in [-0.1, -0.05) is 0 Å². The Morgan fingerprint density at radius 3 is 2.70 bits per heavy atom. The molecule has 0 bridgehead atoms. The first kappa shape index (κ1) is 7.92. The van der Waals surface area contributed by atoms with Crippen LogP contribution in [0.5, 0.6) is 0 Å². The molecule has 0 aromatic rings. The highest BCUT2D eigenvalue weighted by Crippen LogP contribution is 2.22. The second kappa shape index (κ2) is 2.46. The van der Waals surface area contributed by atoms with Gasteiger partial charge >= 0.3 is 0 Å². The highest BCUT2D eigenvalue weighted by atomic mass is 32.2. The molecule has 0 aliphatic carbocycles. The number of rotatable bonds is 0. The van der Waals surface area contributed by atoms with Crippen molar-refractivity contribution in [3.8, 4) is 0 Å². The lowest BCUT2D eigenvalue weighted by Gasteiger charge is -2.33. The van der Waals surface area contributed by atoms with Gasteiger partial charge in [0.2, 0.25) is 5.91 Å². The third-order valence-corrected chi connectivity index (χ3v) is 3.13. The van der Waals surface area contributed by atoms with Gasteiger partial charge in [0.05, 0.1) is 5.25 Å². The number of nitrogens with one attached hydrogen (secondary N) is 1. The summed E-state index contributed by atoms with van der Waals surface area (Å²) < 4.78 is 0. The largest absolute Gasteiger partial charge is 0.349 e. The van der Waals surface area contributed by atoms with Crippen LogP contribution >= 0.6 is 11.8 Å². The maximum Gasteiger partial charge on any atom is 0.233 e. The van der Waals surface area contributed by atoms with Crippen LogP contribution < -0.4 is 5.32 Å². The van der Waals surface area contributed by atoms with Crippen LogP contribution in [-0.2, 0) is 4.79 Å². The topological polar surface area (TPSA) is 29.1 Å². The van der Waals surface area contributed by atoms with Crippen LogP contribution in [-0.4, -0.2) is 22.4 Å². The van der Waals surface area contributed by atoms with Gasteiger partial charge in [-0.05, 0) is 20.8 Å². The summed E-state index contributed by atoms with van der Waals surface area (Å²) in [6, 6.07) is 0. The molecule has 0 saturated carbocycles. The fourth-order valence-corrected chi connectivity index (χ4v) is 1.83. The van der Waals surface area contributed by atoms with Crippen molar-refractivity contribution in [2.24, 2.45) is 0 Å². The third kappa shape index (κ3) is 1.66. The molecule has 1 atom stereocenters. The Balaban J connectivity index is 2.57. The van der Waals surface area contributed by atoms with Gasteiger partial charge in [0, 0.05) is 11.3 Å². The molecule has 1 aliphatic rings. The van der Waals surface area contributed by atoms with Crippen LogP contribution in [0, 0.1) is 0 Å². The maximum absolute atomic E-state index is 11.1. The van der Waals surface area contributed by atoms with E-state index in [1.807, 2.05) is 20.8 Å². The highest BCUT2D eigenvalue weighted by molar-refractivity contribution is 8.00. The maximum atomic E-state index is 11.1. The van der Waals surface area contributed by atoms with E-state index in [1.165, 1.54) is 0 Å². The molecular formula is C7H13NOS. The molecule has 2 nitrogen and oxygen atoms in total. The molecule has 1 heterocycles. The van der Waals surface area contributed by atoms with E-state index in [2.05, 4.69) is 5.32 Å². The number of hydrogen-bond acceptors (Lipinski definition) is 2. The van der Waals surface area contributed by atoms with Crippen LogP contribution in [0.4, 0.5) is 0 Å². The lowest BCUT2D eigenvalue weighted by atomic mass is 10.1. The fourth-order valence-electron chi connectivity index (χ4n) is 0.880. The Kier molecular flexibility index (Phi) is 1.95.